The zero-order chi connectivity index (χ0) is 13.7. The van der Waals surface area contributed by atoms with Crippen LogP contribution in [0.5, 0.6) is 0 Å². The van der Waals surface area contributed by atoms with Crippen molar-refractivity contribution in [3.05, 3.63) is 29.6 Å². The standard InChI is InChI=1S/C12H14N4O2/c1-8(12(18)16(2)3)15-11(17)10-5-4-9(6-13)7-14-10/h4-5,7-8H,1-3H3,(H,15,17). The Hall–Kier alpha value is -2.42. The summed E-state index contributed by atoms with van der Waals surface area (Å²) in [4.78, 5) is 28.6. The van der Waals surface area contributed by atoms with Crippen LogP contribution in [0.2, 0.25) is 0 Å². The van der Waals surface area contributed by atoms with Crippen molar-refractivity contribution in [2.75, 3.05) is 14.1 Å². The lowest BCUT2D eigenvalue weighted by Crippen LogP contribution is -2.44. The second-order valence-electron chi connectivity index (χ2n) is 3.97. The summed E-state index contributed by atoms with van der Waals surface area (Å²) in [5, 5.41) is 11.1. The van der Waals surface area contributed by atoms with Crippen LogP contribution < -0.4 is 5.32 Å². The smallest absolute Gasteiger partial charge is 0.270 e. The fourth-order valence-corrected chi connectivity index (χ4v) is 1.31. The van der Waals surface area contributed by atoms with Crippen LogP contribution in [0.1, 0.15) is 23.0 Å². The molecule has 0 aliphatic heterocycles. The quantitative estimate of drug-likeness (QED) is 0.823. The molecule has 0 aliphatic carbocycles. The number of likely N-dealkylation sites (N-methyl/N-ethyl adjacent to an activating group) is 1. The van der Waals surface area contributed by atoms with Gasteiger partial charge in [-0.1, -0.05) is 0 Å². The first-order valence-corrected chi connectivity index (χ1v) is 5.34. The molecule has 1 aromatic rings. The number of nitrogens with zero attached hydrogens (tertiary/aromatic N) is 3. The normalized spacial score (nSPS) is 11.2. The highest BCUT2D eigenvalue weighted by Gasteiger charge is 2.18. The van der Waals surface area contributed by atoms with E-state index in [1.165, 1.54) is 23.2 Å². The van der Waals surface area contributed by atoms with Crippen LogP contribution in [-0.4, -0.2) is 41.8 Å². The van der Waals surface area contributed by atoms with E-state index >= 15 is 0 Å². The molecule has 0 bridgehead atoms. The summed E-state index contributed by atoms with van der Waals surface area (Å²) in [7, 11) is 3.23. The SMILES string of the molecule is CC(NC(=O)c1ccc(C#N)cn1)C(=O)N(C)C. The van der Waals surface area contributed by atoms with Gasteiger partial charge in [-0.25, -0.2) is 4.98 Å². The van der Waals surface area contributed by atoms with Crippen LogP contribution in [0, 0.1) is 11.3 Å². The number of hydrogen-bond acceptors (Lipinski definition) is 4. The molecule has 0 saturated carbocycles. The lowest BCUT2D eigenvalue weighted by Gasteiger charge is -2.17. The highest BCUT2D eigenvalue weighted by molar-refractivity contribution is 5.95. The van der Waals surface area contributed by atoms with Crippen molar-refractivity contribution in [1.82, 2.24) is 15.2 Å². The summed E-state index contributed by atoms with van der Waals surface area (Å²) in [6.07, 6.45) is 1.31. The van der Waals surface area contributed by atoms with Crippen molar-refractivity contribution in [3.8, 4) is 6.07 Å². The molecule has 1 atom stereocenters. The molecule has 94 valence electrons. The molecule has 6 nitrogen and oxygen atoms in total. The number of carbonyl (C=O) groups is 2. The highest BCUT2D eigenvalue weighted by atomic mass is 16.2. The van der Waals surface area contributed by atoms with Gasteiger partial charge >= 0.3 is 0 Å². The Balaban J connectivity index is 2.71. The van der Waals surface area contributed by atoms with Gasteiger partial charge in [0.2, 0.25) is 5.91 Å². The number of rotatable bonds is 3. The maximum absolute atomic E-state index is 11.8. The molecule has 0 aromatic carbocycles. The number of nitrogens with one attached hydrogen (secondary N) is 1. The van der Waals surface area contributed by atoms with Crippen LogP contribution in [0.15, 0.2) is 18.3 Å². The van der Waals surface area contributed by atoms with Crippen molar-refractivity contribution >= 4 is 11.8 Å². The molecular weight excluding hydrogens is 232 g/mol. The summed E-state index contributed by atoms with van der Waals surface area (Å²) in [5.74, 6) is -0.640. The number of hydrogen-bond donors (Lipinski definition) is 1. The van der Waals surface area contributed by atoms with Crippen LogP contribution in [0.25, 0.3) is 0 Å². The van der Waals surface area contributed by atoms with Gasteiger partial charge in [0.05, 0.1) is 5.56 Å². The fourth-order valence-electron chi connectivity index (χ4n) is 1.31. The second-order valence-corrected chi connectivity index (χ2v) is 3.97. The van der Waals surface area contributed by atoms with Crippen molar-refractivity contribution in [2.24, 2.45) is 0 Å². The number of nitriles is 1. The third-order valence-electron chi connectivity index (χ3n) is 2.28. The van der Waals surface area contributed by atoms with Gasteiger partial charge in [-0.05, 0) is 19.1 Å². The van der Waals surface area contributed by atoms with E-state index in [2.05, 4.69) is 10.3 Å². The fraction of sp³-hybridized carbons (Fsp3) is 0.333. The Bertz CT molecular complexity index is 488. The van der Waals surface area contributed by atoms with Crippen molar-refractivity contribution in [3.63, 3.8) is 0 Å². The molecule has 1 heterocycles. The molecule has 1 aromatic heterocycles. The molecule has 1 rings (SSSR count). The first kappa shape index (κ1) is 13.6. The first-order chi connectivity index (χ1) is 8.45. The average Bonchev–Trinajstić information content (AvgIpc) is 2.37. The van der Waals surface area contributed by atoms with Crippen LogP contribution in [0.3, 0.4) is 0 Å². The van der Waals surface area contributed by atoms with E-state index in [0.29, 0.717) is 5.56 Å². The third-order valence-corrected chi connectivity index (χ3v) is 2.28. The zero-order valence-electron chi connectivity index (χ0n) is 10.5. The van der Waals surface area contributed by atoms with Crippen molar-refractivity contribution in [2.45, 2.75) is 13.0 Å². The summed E-state index contributed by atoms with van der Waals surface area (Å²) in [5.41, 5.74) is 0.552. The minimum absolute atomic E-state index is 0.174. The second kappa shape index (κ2) is 5.77. The van der Waals surface area contributed by atoms with E-state index in [9.17, 15) is 9.59 Å². The lowest BCUT2D eigenvalue weighted by atomic mass is 10.2. The van der Waals surface area contributed by atoms with E-state index in [-0.39, 0.29) is 11.6 Å². The minimum atomic E-state index is -0.620. The Labute approximate surface area is 105 Å². The van der Waals surface area contributed by atoms with E-state index in [1.54, 1.807) is 21.0 Å². The zero-order valence-corrected chi connectivity index (χ0v) is 10.5. The number of amides is 2. The number of aromatic nitrogens is 1. The Morgan fingerprint density at radius 2 is 2.11 bits per heavy atom. The van der Waals surface area contributed by atoms with Crippen molar-refractivity contribution < 1.29 is 9.59 Å². The molecule has 1 unspecified atom stereocenters. The summed E-state index contributed by atoms with van der Waals surface area (Å²) in [6, 6.07) is 4.24. The first-order valence-electron chi connectivity index (χ1n) is 5.34. The predicted molar refractivity (Wildman–Crippen MR) is 64.6 cm³/mol. The summed E-state index contributed by atoms with van der Waals surface area (Å²) < 4.78 is 0. The van der Waals surface area contributed by atoms with Gasteiger partial charge in [0.25, 0.3) is 5.91 Å². The largest absolute Gasteiger partial charge is 0.347 e. The van der Waals surface area contributed by atoms with Gasteiger partial charge in [-0.15, -0.1) is 0 Å². The minimum Gasteiger partial charge on any atom is -0.347 e. The summed E-state index contributed by atoms with van der Waals surface area (Å²) in [6.45, 7) is 1.60. The maximum Gasteiger partial charge on any atom is 0.270 e. The van der Waals surface area contributed by atoms with Crippen LogP contribution in [0.4, 0.5) is 0 Å². The van der Waals surface area contributed by atoms with E-state index in [0.717, 1.165) is 0 Å². The third kappa shape index (κ3) is 3.28. The predicted octanol–water partition coefficient (Wildman–Crippen LogP) is 0.160. The molecule has 2 amide bonds. The molecule has 0 saturated heterocycles. The molecule has 1 N–H and O–H groups in total. The molecule has 0 aliphatic rings. The Morgan fingerprint density at radius 3 is 2.56 bits per heavy atom. The molecule has 0 spiro atoms. The maximum atomic E-state index is 11.8. The van der Waals surface area contributed by atoms with Gasteiger partial charge in [0, 0.05) is 20.3 Å². The topological polar surface area (TPSA) is 86.1 Å². The molecule has 0 radical (unpaired) electrons. The van der Waals surface area contributed by atoms with Crippen molar-refractivity contribution in [1.29, 1.82) is 5.26 Å². The number of carbonyl (C=O) groups excluding carboxylic acids is 2. The highest BCUT2D eigenvalue weighted by Crippen LogP contribution is 2.00. The Morgan fingerprint density at radius 1 is 1.44 bits per heavy atom. The van der Waals surface area contributed by atoms with Crippen LogP contribution in [-0.2, 0) is 4.79 Å². The van der Waals surface area contributed by atoms with Gasteiger partial charge in [0.1, 0.15) is 17.8 Å². The summed E-state index contributed by atoms with van der Waals surface area (Å²) >= 11 is 0. The molecular formula is C12H14N4O2. The molecule has 18 heavy (non-hydrogen) atoms. The van der Waals surface area contributed by atoms with Gasteiger partial charge in [-0.2, -0.15) is 5.26 Å². The monoisotopic (exact) mass is 246 g/mol. The van der Waals surface area contributed by atoms with Gasteiger partial charge < -0.3 is 10.2 Å². The molecule has 0 fully saturated rings. The van der Waals surface area contributed by atoms with E-state index < -0.39 is 11.9 Å². The lowest BCUT2D eigenvalue weighted by molar-refractivity contribution is -0.130. The molecule has 6 heteroatoms. The number of pyridine rings is 1. The van der Waals surface area contributed by atoms with Crippen LogP contribution >= 0.6 is 0 Å². The van der Waals surface area contributed by atoms with E-state index in [4.69, 9.17) is 5.26 Å². The van der Waals surface area contributed by atoms with Gasteiger partial charge in [0.15, 0.2) is 0 Å². The average molecular weight is 246 g/mol. The van der Waals surface area contributed by atoms with Gasteiger partial charge in [-0.3, -0.25) is 9.59 Å². The van der Waals surface area contributed by atoms with E-state index in [1.807, 2.05) is 6.07 Å². The Kier molecular flexibility index (Phi) is 4.38.